The van der Waals surface area contributed by atoms with Crippen molar-refractivity contribution in [1.82, 2.24) is 20.3 Å². The van der Waals surface area contributed by atoms with Gasteiger partial charge in [0.1, 0.15) is 0 Å². The van der Waals surface area contributed by atoms with Crippen molar-refractivity contribution in [2.75, 3.05) is 43.3 Å². The molecule has 0 spiro atoms. The molecule has 0 aliphatic rings. The molecule has 2 rings (SSSR count). The summed E-state index contributed by atoms with van der Waals surface area (Å²) in [6, 6.07) is 6.55. The molecule has 2 aromatic rings. The van der Waals surface area contributed by atoms with Crippen molar-refractivity contribution in [1.29, 1.82) is 0 Å². The highest BCUT2D eigenvalue weighted by atomic mass is 35.5. The summed E-state index contributed by atoms with van der Waals surface area (Å²) >= 11 is 5.89. The molecule has 0 aliphatic heterocycles. The number of amides is 2. The third-order valence-corrected chi connectivity index (χ3v) is 3.18. The van der Waals surface area contributed by atoms with E-state index in [1.807, 2.05) is 28.2 Å². The third-order valence-electron chi connectivity index (χ3n) is 2.95. The zero-order valence-corrected chi connectivity index (χ0v) is 14.8. The third kappa shape index (κ3) is 4.95. The van der Waals surface area contributed by atoms with Crippen LogP contribution in [0.5, 0.6) is 0 Å². The number of carbonyl (C=O) groups excluding carboxylic acids is 1. The minimum absolute atomic E-state index is 0.177. The van der Waals surface area contributed by atoms with Crippen LogP contribution in [-0.4, -0.2) is 49.2 Å². The fraction of sp³-hybridized carbons (Fsp3) is 0.333. The molecular formula is C15H20ClN7O. The van der Waals surface area contributed by atoms with E-state index in [1.54, 1.807) is 34.1 Å². The van der Waals surface area contributed by atoms with Crippen LogP contribution in [0.4, 0.5) is 22.4 Å². The van der Waals surface area contributed by atoms with Crippen molar-refractivity contribution in [3.63, 3.8) is 0 Å². The van der Waals surface area contributed by atoms with Gasteiger partial charge in [0.25, 0.3) is 0 Å². The Morgan fingerprint density at radius 2 is 1.71 bits per heavy atom. The largest absolute Gasteiger partial charge is 0.347 e. The van der Waals surface area contributed by atoms with Crippen LogP contribution >= 0.6 is 11.6 Å². The maximum Gasteiger partial charge on any atom is 0.319 e. The Balaban J connectivity index is 2.04. The van der Waals surface area contributed by atoms with Crippen LogP contribution in [0.2, 0.25) is 5.02 Å². The fourth-order valence-corrected chi connectivity index (χ4v) is 1.97. The molecule has 0 saturated carbocycles. The average molecular weight is 350 g/mol. The van der Waals surface area contributed by atoms with Crippen LogP contribution in [0.25, 0.3) is 0 Å². The molecule has 0 radical (unpaired) electrons. The van der Waals surface area contributed by atoms with Gasteiger partial charge in [-0.15, -0.1) is 0 Å². The van der Waals surface area contributed by atoms with Gasteiger partial charge in [0.05, 0.1) is 6.54 Å². The summed E-state index contributed by atoms with van der Waals surface area (Å²) in [4.78, 5) is 28.5. The number of nitrogens with zero attached hydrogens (tertiary/aromatic N) is 5. The molecule has 0 unspecified atom stereocenters. The van der Waals surface area contributed by atoms with E-state index in [-0.39, 0.29) is 12.6 Å². The lowest BCUT2D eigenvalue weighted by molar-refractivity contribution is 0.251. The summed E-state index contributed by atoms with van der Waals surface area (Å²) in [5, 5.41) is 5.97. The molecule has 0 atom stereocenters. The smallest absolute Gasteiger partial charge is 0.319 e. The standard InChI is InChI=1S/C15H20ClN7O/c1-22(2)13-19-12(20-14(21-13)23(3)4)9-17-15(24)18-11-7-5-6-10(16)8-11/h5-8H,9H2,1-4H3,(H2,17,18,24). The quantitative estimate of drug-likeness (QED) is 0.858. The predicted octanol–water partition coefficient (Wildman–Crippen LogP) is 1.98. The second kappa shape index (κ2) is 7.78. The Morgan fingerprint density at radius 1 is 1.08 bits per heavy atom. The molecule has 1 aromatic heterocycles. The minimum atomic E-state index is -0.365. The first-order chi connectivity index (χ1) is 11.3. The van der Waals surface area contributed by atoms with E-state index >= 15 is 0 Å². The molecule has 0 fully saturated rings. The first-order valence-electron chi connectivity index (χ1n) is 7.25. The average Bonchev–Trinajstić information content (AvgIpc) is 2.52. The lowest BCUT2D eigenvalue weighted by atomic mass is 10.3. The maximum atomic E-state index is 12.0. The van der Waals surface area contributed by atoms with Crippen LogP contribution in [0.3, 0.4) is 0 Å². The second-order valence-corrected chi connectivity index (χ2v) is 5.89. The molecule has 2 amide bonds. The van der Waals surface area contributed by atoms with Crippen LogP contribution in [0.1, 0.15) is 5.82 Å². The van der Waals surface area contributed by atoms with Crippen LogP contribution in [0, 0.1) is 0 Å². The first-order valence-corrected chi connectivity index (χ1v) is 7.63. The molecule has 8 nitrogen and oxygen atoms in total. The number of rotatable bonds is 5. The van der Waals surface area contributed by atoms with Gasteiger partial charge in [0.15, 0.2) is 5.82 Å². The van der Waals surface area contributed by atoms with Gasteiger partial charge in [0.2, 0.25) is 11.9 Å². The lowest BCUT2D eigenvalue weighted by Crippen LogP contribution is -2.30. The van der Waals surface area contributed by atoms with E-state index in [0.717, 1.165) is 0 Å². The number of halogens is 1. The van der Waals surface area contributed by atoms with Crippen molar-refractivity contribution in [3.05, 3.63) is 35.1 Å². The molecular weight excluding hydrogens is 330 g/mol. The normalized spacial score (nSPS) is 10.2. The van der Waals surface area contributed by atoms with Gasteiger partial charge >= 0.3 is 6.03 Å². The Hall–Kier alpha value is -2.61. The summed E-state index contributed by atoms with van der Waals surface area (Å²) in [6.45, 7) is 0.177. The monoisotopic (exact) mass is 349 g/mol. The molecule has 2 N–H and O–H groups in total. The maximum absolute atomic E-state index is 12.0. The molecule has 0 bridgehead atoms. The summed E-state index contributed by atoms with van der Waals surface area (Å²) in [5.41, 5.74) is 0.610. The lowest BCUT2D eigenvalue weighted by Gasteiger charge is -2.16. The SMILES string of the molecule is CN(C)c1nc(CNC(=O)Nc2cccc(Cl)c2)nc(N(C)C)n1. The van der Waals surface area contributed by atoms with Crippen molar-refractivity contribution in [2.24, 2.45) is 0 Å². The van der Waals surface area contributed by atoms with Gasteiger partial charge < -0.3 is 20.4 Å². The number of nitrogens with one attached hydrogen (secondary N) is 2. The van der Waals surface area contributed by atoms with Crippen molar-refractivity contribution in [2.45, 2.75) is 6.54 Å². The number of urea groups is 1. The molecule has 128 valence electrons. The Labute approximate surface area is 145 Å². The number of hydrogen-bond acceptors (Lipinski definition) is 6. The van der Waals surface area contributed by atoms with Crippen LogP contribution in [-0.2, 0) is 6.54 Å². The van der Waals surface area contributed by atoms with E-state index in [4.69, 9.17) is 11.6 Å². The van der Waals surface area contributed by atoms with E-state index in [9.17, 15) is 4.79 Å². The highest BCUT2D eigenvalue weighted by Gasteiger charge is 2.11. The first kappa shape index (κ1) is 17.7. The van der Waals surface area contributed by atoms with Crippen molar-refractivity contribution >= 4 is 35.2 Å². The van der Waals surface area contributed by atoms with Crippen molar-refractivity contribution in [3.8, 4) is 0 Å². The predicted molar refractivity (Wildman–Crippen MR) is 95.8 cm³/mol. The van der Waals surface area contributed by atoms with Crippen LogP contribution < -0.4 is 20.4 Å². The second-order valence-electron chi connectivity index (χ2n) is 5.46. The van der Waals surface area contributed by atoms with Crippen molar-refractivity contribution < 1.29 is 4.79 Å². The highest BCUT2D eigenvalue weighted by Crippen LogP contribution is 2.14. The van der Waals surface area contributed by atoms with Crippen LogP contribution in [0.15, 0.2) is 24.3 Å². The van der Waals surface area contributed by atoms with Gasteiger partial charge in [-0.05, 0) is 18.2 Å². The van der Waals surface area contributed by atoms with Gasteiger partial charge in [-0.3, -0.25) is 0 Å². The van der Waals surface area contributed by atoms with E-state index in [1.165, 1.54) is 0 Å². The van der Waals surface area contributed by atoms with Gasteiger partial charge in [-0.2, -0.15) is 15.0 Å². The zero-order valence-electron chi connectivity index (χ0n) is 14.0. The van der Waals surface area contributed by atoms with E-state index < -0.39 is 0 Å². The number of carbonyl (C=O) groups is 1. The Morgan fingerprint density at radius 3 is 2.25 bits per heavy atom. The van der Waals surface area contributed by atoms with Gasteiger partial charge in [-0.1, -0.05) is 17.7 Å². The molecule has 1 aromatic carbocycles. The molecule has 9 heteroatoms. The summed E-state index contributed by atoms with van der Waals surface area (Å²) in [7, 11) is 7.38. The van der Waals surface area contributed by atoms with Gasteiger partial charge in [0, 0.05) is 38.9 Å². The Kier molecular flexibility index (Phi) is 5.75. The number of anilines is 3. The number of benzene rings is 1. The van der Waals surface area contributed by atoms with E-state index in [2.05, 4.69) is 25.6 Å². The minimum Gasteiger partial charge on any atom is -0.347 e. The highest BCUT2D eigenvalue weighted by molar-refractivity contribution is 6.30. The topological polar surface area (TPSA) is 86.3 Å². The zero-order chi connectivity index (χ0) is 17.7. The Bertz CT molecular complexity index is 694. The fourth-order valence-electron chi connectivity index (χ4n) is 1.78. The number of aromatic nitrogens is 3. The van der Waals surface area contributed by atoms with E-state index in [0.29, 0.717) is 28.4 Å². The molecule has 0 saturated heterocycles. The molecule has 0 aliphatic carbocycles. The molecule has 1 heterocycles. The summed E-state index contributed by atoms with van der Waals surface area (Å²) < 4.78 is 0. The molecule has 24 heavy (non-hydrogen) atoms. The summed E-state index contributed by atoms with van der Waals surface area (Å²) in [5.74, 6) is 1.53. The summed E-state index contributed by atoms with van der Waals surface area (Å²) in [6.07, 6.45) is 0. The van der Waals surface area contributed by atoms with Gasteiger partial charge in [-0.25, -0.2) is 4.79 Å². The number of hydrogen-bond donors (Lipinski definition) is 2.